The summed E-state index contributed by atoms with van der Waals surface area (Å²) >= 11 is 0. The fourth-order valence-corrected chi connectivity index (χ4v) is 3.80. The van der Waals surface area contributed by atoms with Gasteiger partial charge in [-0.3, -0.25) is 9.59 Å². The van der Waals surface area contributed by atoms with Gasteiger partial charge in [-0.25, -0.2) is 0 Å². The van der Waals surface area contributed by atoms with E-state index >= 15 is 0 Å². The molecule has 12 nitrogen and oxygen atoms in total. The van der Waals surface area contributed by atoms with Crippen LogP contribution in [0.3, 0.4) is 0 Å². The van der Waals surface area contributed by atoms with Crippen LogP contribution in [0.1, 0.15) is 30.4 Å². The molecule has 0 fully saturated rings. The van der Waals surface area contributed by atoms with E-state index in [9.17, 15) is 9.59 Å². The standard InChI is InChI=1S/C35H52O12/c36-34(46-28-26-42-20-18-38-14-16-40-22-24-44-30-32-8-3-1-4-9-32)12-7-13-35(37)47-29-27-43-21-19-39-15-17-41-23-25-45-31-33-10-5-2-6-11-33/h1-6,8-11H,7,12-31H2. The van der Waals surface area contributed by atoms with Gasteiger partial charge in [-0.15, -0.1) is 0 Å². The number of rotatable bonds is 32. The van der Waals surface area contributed by atoms with Crippen molar-refractivity contribution in [3.8, 4) is 0 Å². The molecule has 0 aliphatic rings. The number of ether oxygens (including phenoxy) is 10. The summed E-state index contributed by atoms with van der Waals surface area (Å²) in [6.07, 6.45) is 0.616. The van der Waals surface area contributed by atoms with Crippen LogP contribution in [0.25, 0.3) is 0 Å². The predicted molar refractivity (Wildman–Crippen MR) is 173 cm³/mol. The number of benzene rings is 2. The third kappa shape index (κ3) is 25.8. The number of carbonyl (C=O) groups is 2. The lowest BCUT2D eigenvalue weighted by atomic mass is 10.2. The van der Waals surface area contributed by atoms with Gasteiger partial charge >= 0.3 is 11.9 Å². The molecule has 0 spiro atoms. The molecular formula is C35H52O12. The molecule has 12 heteroatoms. The van der Waals surface area contributed by atoms with Gasteiger partial charge in [0.25, 0.3) is 0 Å². The van der Waals surface area contributed by atoms with E-state index in [1.807, 2.05) is 60.7 Å². The molecule has 0 amide bonds. The van der Waals surface area contributed by atoms with Gasteiger partial charge < -0.3 is 47.4 Å². The molecule has 47 heavy (non-hydrogen) atoms. The molecule has 0 aromatic heterocycles. The van der Waals surface area contributed by atoms with Crippen molar-refractivity contribution in [2.24, 2.45) is 0 Å². The number of hydrogen-bond donors (Lipinski definition) is 0. The maximum atomic E-state index is 11.8. The zero-order valence-electron chi connectivity index (χ0n) is 27.5. The van der Waals surface area contributed by atoms with E-state index in [0.717, 1.165) is 11.1 Å². The lowest BCUT2D eigenvalue weighted by Gasteiger charge is -2.08. The Morgan fingerprint density at radius 1 is 0.362 bits per heavy atom. The summed E-state index contributed by atoms with van der Waals surface area (Å²) in [5.41, 5.74) is 2.27. The molecule has 2 aromatic carbocycles. The van der Waals surface area contributed by atoms with Crippen LogP contribution in [0.4, 0.5) is 0 Å². The minimum Gasteiger partial charge on any atom is -0.463 e. The number of hydrogen-bond acceptors (Lipinski definition) is 12. The summed E-state index contributed by atoms with van der Waals surface area (Å²) in [6, 6.07) is 20.0. The Bertz CT molecular complexity index is 913. The average Bonchev–Trinajstić information content (AvgIpc) is 3.09. The van der Waals surface area contributed by atoms with Crippen molar-refractivity contribution in [2.75, 3.05) is 106 Å². The summed E-state index contributed by atoms with van der Waals surface area (Å²) in [5.74, 6) is -0.764. The molecule has 0 atom stereocenters. The molecule has 264 valence electrons. The number of esters is 2. The van der Waals surface area contributed by atoms with Gasteiger partial charge in [0.2, 0.25) is 0 Å². The van der Waals surface area contributed by atoms with E-state index in [0.29, 0.717) is 98.9 Å². The third-order valence-corrected chi connectivity index (χ3v) is 6.20. The molecule has 0 saturated heterocycles. The van der Waals surface area contributed by atoms with Crippen molar-refractivity contribution in [1.82, 2.24) is 0 Å². The van der Waals surface area contributed by atoms with Crippen LogP contribution < -0.4 is 0 Å². The average molecular weight is 665 g/mol. The monoisotopic (exact) mass is 664 g/mol. The summed E-state index contributed by atoms with van der Waals surface area (Å²) in [7, 11) is 0. The summed E-state index contributed by atoms with van der Waals surface area (Å²) in [6.45, 7) is 7.57. The van der Waals surface area contributed by atoms with Crippen LogP contribution >= 0.6 is 0 Å². The molecule has 0 heterocycles. The van der Waals surface area contributed by atoms with Crippen LogP contribution in [0.5, 0.6) is 0 Å². The first kappa shape index (κ1) is 40.2. The SMILES string of the molecule is O=C(CCCC(=O)OCCOCCOCCOCCOCc1ccccc1)OCCOCCOCCOCCOCc1ccccc1. The molecule has 0 aliphatic heterocycles. The van der Waals surface area contributed by atoms with Crippen molar-refractivity contribution >= 4 is 11.9 Å². The first-order chi connectivity index (χ1) is 23.2. The third-order valence-electron chi connectivity index (χ3n) is 6.20. The summed E-state index contributed by atoms with van der Waals surface area (Å²) in [5, 5.41) is 0. The first-order valence-corrected chi connectivity index (χ1v) is 16.2. The Morgan fingerprint density at radius 3 is 0.957 bits per heavy atom. The second-order valence-electron chi connectivity index (χ2n) is 10.0. The van der Waals surface area contributed by atoms with Gasteiger partial charge in [-0.05, 0) is 17.5 Å². The van der Waals surface area contributed by atoms with E-state index in [1.54, 1.807) is 0 Å². The van der Waals surface area contributed by atoms with E-state index in [-0.39, 0.29) is 51.2 Å². The van der Waals surface area contributed by atoms with Crippen LogP contribution in [0, 0.1) is 0 Å². The van der Waals surface area contributed by atoms with Crippen molar-refractivity contribution in [2.45, 2.75) is 32.5 Å². The van der Waals surface area contributed by atoms with Crippen molar-refractivity contribution in [3.05, 3.63) is 71.8 Å². The van der Waals surface area contributed by atoms with Gasteiger partial charge in [-0.2, -0.15) is 0 Å². The van der Waals surface area contributed by atoms with E-state index in [4.69, 9.17) is 47.4 Å². The molecule has 2 rings (SSSR count). The molecule has 0 bridgehead atoms. The highest BCUT2D eigenvalue weighted by molar-refractivity contribution is 5.72. The summed E-state index contributed by atoms with van der Waals surface area (Å²) in [4.78, 5) is 23.6. The Morgan fingerprint density at radius 2 is 0.638 bits per heavy atom. The highest BCUT2D eigenvalue weighted by Gasteiger charge is 2.07. The van der Waals surface area contributed by atoms with Crippen molar-refractivity contribution < 1.29 is 57.0 Å². The molecule has 0 radical (unpaired) electrons. The van der Waals surface area contributed by atoms with Gasteiger partial charge in [0.05, 0.1) is 106 Å². The van der Waals surface area contributed by atoms with Crippen LogP contribution in [0.15, 0.2) is 60.7 Å². The van der Waals surface area contributed by atoms with Crippen LogP contribution in [0.2, 0.25) is 0 Å². The lowest BCUT2D eigenvalue weighted by Crippen LogP contribution is -2.15. The first-order valence-electron chi connectivity index (χ1n) is 16.2. The van der Waals surface area contributed by atoms with Crippen molar-refractivity contribution in [3.63, 3.8) is 0 Å². The minimum atomic E-state index is -0.382. The summed E-state index contributed by atoms with van der Waals surface area (Å²) < 4.78 is 53.9. The zero-order valence-corrected chi connectivity index (χ0v) is 27.5. The lowest BCUT2D eigenvalue weighted by molar-refractivity contribution is -0.147. The molecule has 0 unspecified atom stereocenters. The van der Waals surface area contributed by atoms with E-state index in [1.165, 1.54) is 0 Å². The van der Waals surface area contributed by atoms with Gasteiger partial charge in [0, 0.05) is 12.8 Å². The molecular weight excluding hydrogens is 612 g/mol. The normalized spacial score (nSPS) is 11.1. The maximum absolute atomic E-state index is 11.8. The Labute approximate surface area is 278 Å². The Kier molecular flexibility index (Phi) is 26.0. The fraction of sp³-hybridized carbons (Fsp3) is 0.600. The second kappa shape index (κ2) is 30.4. The second-order valence-corrected chi connectivity index (χ2v) is 10.0. The molecule has 0 N–H and O–H groups in total. The molecule has 0 aliphatic carbocycles. The predicted octanol–water partition coefficient (Wildman–Crippen LogP) is 3.78. The van der Waals surface area contributed by atoms with Gasteiger partial charge in [-0.1, -0.05) is 60.7 Å². The zero-order chi connectivity index (χ0) is 33.3. The minimum absolute atomic E-state index is 0.133. The Balaban J connectivity index is 1.21. The van der Waals surface area contributed by atoms with E-state index < -0.39 is 0 Å². The van der Waals surface area contributed by atoms with Gasteiger partial charge in [0.1, 0.15) is 13.2 Å². The van der Waals surface area contributed by atoms with Crippen LogP contribution in [-0.4, -0.2) is 118 Å². The Hall–Kier alpha value is -2.94. The molecule has 2 aromatic rings. The fourth-order valence-electron chi connectivity index (χ4n) is 3.80. The molecule has 0 saturated carbocycles. The quantitative estimate of drug-likeness (QED) is 0.0835. The van der Waals surface area contributed by atoms with Crippen molar-refractivity contribution in [1.29, 1.82) is 0 Å². The van der Waals surface area contributed by atoms with E-state index in [2.05, 4.69) is 0 Å². The van der Waals surface area contributed by atoms with Crippen LogP contribution in [-0.2, 0) is 70.2 Å². The number of carbonyl (C=O) groups excluding carboxylic acids is 2. The highest BCUT2D eigenvalue weighted by Crippen LogP contribution is 2.02. The largest absolute Gasteiger partial charge is 0.463 e. The highest BCUT2D eigenvalue weighted by atomic mass is 16.6. The van der Waals surface area contributed by atoms with Gasteiger partial charge in [0.15, 0.2) is 0 Å². The maximum Gasteiger partial charge on any atom is 0.305 e. The smallest absolute Gasteiger partial charge is 0.305 e. The topological polar surface area (TPSA) is 126 Å².